The van der Waals surface area contributed by atoms with Gasteiger partial charge in [0.15, 0.2) is 0 Å². The molecule has 0 saturated carbocycles. The number of nitrogens with one attached hydrogen (secondary N) is 1. The molecule has 0 aliphatic carbocycles. The Morgan fingerprint density at radius 3 is 2.65 bits per heavy atom. The van der Waals surface area contributed by atoms with Gasteiger partial charge in [0.1, 0.15) is 0 Å². The van der Waals surface area contributed by atoms with Crippen LogP contribution >= 0.6 is 15.9 Å². The lowest BCUT2D eigenvalue weighted by atomic mass is 10.1. The van der Waals surface area contributed by atoms with E-state index in [1.165, 1.54) is 17.7 Å². The van der Waals surface area contributed by atoms with E-state index in [9.17, 15) is 10.1 Å². The van der Waals surface area contributed by atoms with Crippen molar-refractivity contribution in [2.45, 2.75) is 19.9 Å². The van der Waals surface area contributed by atoms with Gasteiger partial charge in [-0.15, -0.1) is 0 Å². The zero-order chi connectivity index (χ0) is 14.7. The summed E-state index contributed by atoms with van der Waals surface area (Å²) in [5.41, 5.74) is 3.12. The molecule has 1 unspecified atom stereocenters. The molecule has 0 bridgehead atoms. The number of benzene rings is 2. The second-order valence-electron chi connectivity index (χ2n) is 4.70. The molecule has 0 heterocycles. The molecule has 104 valence electrons. The van der Waals surface area contributed by atoms with Crippen molar-refractivity contribution in [3.63, 3.8) is 0 Å². The quantitative estimate of drug-likeness (QED) is 0.642. The number of anilines is 1. The van der Waals surface area contributed by atoms with Gasteiger partial charge in [0.2, 0.25) is 0 Å². The number of nitro groups is 1. The number of hydrogen-bond acceptors (Lipinski definition) is 3. The smallest absolute Gasteiger partial charge is 0.271 e. The number of hydrogen-bond donors (Lipinski definition) is 1. The van der Waals surface area contributed by atoms with Crippen LogP contribution in [-0.2, 0) is 0 Å². The molecule has 0 aliphatic heterocycles. The lowest BCUT2D eigenvalue weighted by Crippen LogP contribution is -2.07. The molecular formula is C15H15BrN2O2. The Morgan fingerprint density at radius 2 is 2.00 bits per heavy atom. The molecule has 2 aromatic rings. The maximum Gasteiger partial charge on any atom is 0.271 e. The van der Waals surface area contributed by atoms with Gasteiger partial charge in [-0.1, -0.05) is 29.8 Å². The van der Waals surface area contributed by atoms with Crippen molar-refractivity contribution in [2.24, 2.45) is 0 Å². The predicted molar refractivity (Wildman–Crippen MR) is 84.0 cm³/mol. The number of nitro benzene ring substituents is 1. The standard InChI is InChI=1S/C15H15BrN2O2/c1-10-4-3-5-12(8-10)11(2)17-15-9-13(18(19)20)6-7-14(15)16/h3-9,11,17H,1-2H3. The fourth-order valence-corrected chi connectivity index (χ4v) is 2.35. The third kappa shape index (κ3) is 3.36. The number of non-ortho nitro benzene ring substituents is 1. The molecule has 2 aromatic carbocycles. The predicted octanol–water partition coefficient (Wildman–Crippen LogP) is 4.84. The molecule has 0 saturated heterocycles. The van der Waals surface area contributed by atoms with Crippen LogP contribution in [-0.4, -0.2) is 4.92 Å². The molecular weight excluding hydrogens is 320 g/mol. The molecule has 0 amide bonds. The van der Waals surface area contributed by atoms with Crippen LogP contribution < -0.4 is 5.32 Å². The number of rotatable bonds is 4. The van der Waals surface area contributed by atoms with Crippen molar-refractivity contribution in [3.05, 3.63) is 68.2 Å². The lowest BCUT2D eigenvalue weighted by molar-refractivity contribution is -0.384. The number of aryl methyl sites for hydroxylation is 1. The Kier molecular flexibility index (Phi) is 4.39. The van der Waals surface area contributed by atoms with Gasteiger partial charge in [-0.2, -0.15) is 0 Å². The van der Waals surface area contributed by atoms with Gasteiger partial charge in [-0.3, -0.25) is 10.1 Å². The van der Waals surface area contributed by atoms with E-state index < -0.39 is 4.92 Å². The molecule has 1 atom stereocenters. The van der Waals surface area contributed by atoms with Gasteiger partial charge in [0.05, 0.1) is 10.6 Å². The zero-order valence-corrected chi connectivity index (χ0v) is 12.8. The second kappa shape index (κ2) is 6.05. The zero-order valence-electron chi connectivity index (χ0n) is 11.3. The van der Waals surface area contributed by atoms with E-state index >= 15 is 0 Å². The molecule has 5 heteroatoms. The van der Waals surface area contributed by atoms with Crippen molar-refractivity contribution < 1.29 is 4.92 Å². The third-order valence-electron chi connectivity index (χ3n) is 3.07. The highest BCUT2D eigenvalue weighted by Gasteiger charge is 2.12. The minimum atomic E-state index is -0.394. The average molecular weight is 335 g/mol. The molecule has 0 aliphatic rings. The molecule has 2 rings (SSSR count). The minimum absolute atomic E-state index is 0.0632. The Hall–Kier alpha value is -1.88. The molecule has 0 fully saturated rings. The van der Waals surface area contributed by atoms with Crippen LogP contribution in [0.25, 0.3) is 0 Å². The van der Waals surface area contributed by atoms with Gasteiger partial charge < -0.3 is 5.32 Å². The molecule has 0 radical (unpaired) electrons. The van der Waals surface area contributed by atoms with Crippen LogP contribution in [0.5, 0.6) is 0 Å². The maximum atomic E-state index is 10.8. The van der Waals surface area contributed by atoms with E-state index in [4.69, 9.17) is 0 Å². The monoisotopic (exact) mass is 334 g/mol. The van der Waals surface area contributed by atoms with Crippen LogP contribution in [0.3, 0.4) is 0 Å². The Balaban J connectivity index is 2.25. The first-order chi connectivity index (χ1) is 9.47. The van der Waals surface area contributed by atoms with Crippen LogP contribution in [0.2, 0.25) is 0 Å². The van der Waals surface area contributed by atoms with E-state index in [1.807, 2.05) is 32.0 Å². The van der Waals surface area contributed by atoms with Crippen molar-refractivity contribution in [1.29, 1.82) is 0 Å². The van der Waals surface area contributed by atoms with Gasteiger partial charge in [-0.25, -0.2) is 0 Å². The van der Waals surface area contributed by atoms with Gasteiger partial charge >= 0.3 is 0 Å². The van der Waals surface area contributed by atoms with Crippen molar-refractivity contribution in [3.8, 4) is 0 Å². The van der Waals surface area contributed by atoms with Gasteiger partial charge in [0.25, 0.3) is 5.69 Å². The van der Waals surface area contributed by atoms with Crippen LogP contribution in [0.1, 0.15) is 24.1 Å². The van der Waals surface area contributed by atoms with Crippen LogP contribution in [0, 0.1) is 17.0 Å². The summed E-state index contributed by atoms with van der Waals surface area (Å²) in [5.74, 6) is 0. The summed E-state index contributed by atoms with van der Waals surface area (Å²) in [6.45, 7) is 4.07. The first kappa shape index (κ1) is 14.5. The lowest BCUT2D eigenvalue weighted by Gasteiger charge is -2.17. The SMILES string of the molecule is Cc1cccc(C(C)Nc2cc([N+](=O)[O-])ccc2Br)c1. The normalized spacial score (nSPS) is 11.9. The molecule has 0 spiro atoms. The van der Waals surface area contributed by atoms with E-state index in [0.717, 1.165) is 10.0 Å². The minimum Gasteiger partial charge on any atom is -0.377 e. The Bertz CT molecular complexity index is 644. The van der Waals surface area contributed by atoms with Gasteiger partial charge in [-0.05, 0) is 41.4 Å². The number of nitrogens with zero attached hydrogens (tertiary/aromatic N) is 1. The van der Waals surface area contributed by atoms with E-state index in [0.29, 0.717) is 5.69 Å². The summed E-state index contributed by atoms with van der Waals surface area (Å²) in [6.07, 6.45) is 0. The average Bonchev–Trinajstić information content (AvgIpc) is 2.41. The summed E-state index contributed by atoms with van der Waals surface area (Å²) >= 11 is 3.41. The second-order valence-corrected chi connectivity index (χ2v) is 5.56. The van der Waals surface area contributed by atoms with E-state index in [1.54, 1.807) is 6.07 Å². The molecule has 4 nitrogen and oxygen atoms in total. The highest BCUT2D eigenvalue weighted by atomic mass is 79.9. The van der Waals surface area contributed by atoms with Crippen LogP contribution in [0.15, 0.2) is 46.9 Å². The summed E-state index contributed by atoms with van der Waals surface area (Å²) in [5, 5.41) is 14.1. The maximum absolute atomic E-state index is 10.8. The molecule has 20 heavy (non-hydrogen) atoms. The summed E-state index contributed by atoms with van der Waals surface area (Å²) in [7, 11) is 0. The summed E-state index contributed by atoms with van der Waals surface area (Å²) in [6, 6.07) is 12.9. The first-order valence-corrected chi connectivity index (χ1v) is 7.03. The molecule has 0 aromatic heterocycles. The molecule has 1 N–H and O–H groups in total. The summed E-state index contributed by atoms with van der Waals surface area (Å²) in [4.78, 5) is 10.4. The van der Waals surface area contributed by atoms with Crippen molar-refractivity contribution in [1.82, 2.24) is 0 Å². The van der Waals surface area contributed by atoms with E-state index in [-0.39, 0.29) is 11.7 Å². The van der Waals surface area contributed by atoms with Gasteiger partial charge in [0, 0.05) is 22.6 Å². The van der Waals surface area contributed by atoms with E-state index in [2.05, 4.69) is 27.3 Å². The number of halogens is 1. The first-order valence-electron chi connectivity index (χ1n) is 6.24. The Morgan fingerprint density at radius 1 is 1.25 bits per heavy atom. The van der Waals surface area contributed by atoms with Crippen molar-refractivity contribution in [2.75, 3.05) is 5.32 Å². The third-order valence-corrected chi connectivity index (χ3v) is 3.77. The fraction of sp³-hybridized carbons (Fsp3) is 0.200. The topological polar surface area (TPSA) is 55.2 Å². The highest BCUT2D eigenvalue weighted by molar-refractivity contribution is 9.10. The highest BCUT2D eigenvalue weighted by Crippen LogP contribution is 2.30. The Labute approximate surface area is 126 Å². The van der Waals surface area contributed by atoms with Crippen molar-refractivity contribution >= 4 is 27.3 Å². The van der Waals surface area contributed by atoms with Crippen LogP contribution in [0.4, 0.5) is 11.4 Å². The largest absolute Gasteiger partial charge is 0.377 e. The fourth-order valence-electron chi connectivity index (χ4n) is 1.99. The summed E-state index contributed by atoms with van der Waals surface area (Å²) < 4.78 is 0.808.